The Balaban J connectivity index is 1.53. The summed E-state index contributed by atoms with van der Waals surface area (Å²) < 4.78 is 3.74. The van der Waals surface area contributed by atoms with Gasteiger partial charge >= 0.3 is 0 Å². The van der Waals surface area contributed by atoms with Crippen LogP contribution in [0.25, 0.3) is 39.5 Å². The van der Waals surface area contributed by atoms with Gasteiger partial charge in [0.15, 0.2) is 5.82 Å². The minimum absolute atomic E-state index is 0.589. The monoisotopic (exact) mass is 357 g/mol. The van der Waals surface area contributed by atoms with Crippen LogP contribution >= 0.6 is 0 Å². The quantitative estimate of drug-likeness (QED) is 0.530. The maximum Gasteiger partial charge on any atom is 0.202 e. The summed E-state index contributed by atoms with van der Waals surface area (Å²) in [6.07, 6.45) is 11.3. The Morgan fingerprint density at radius 2 is 2.11 bits per heavy atom. The van der Waals surface area contributed by atoms with E-state index in [2.05, 4.69) is 25.3 Å². The van der Waals surface area contributed by atoms with E-state index in [-0.39, 0.29) is 0 Å². The topological polar surface area (TPSA) is 102 Å². The van der Waals surface area contributed by atoms with Crippen molar-refractivity contribution in [1.82, 2.24) is 44.5 Å². The summed E-state index contributed by atoms with van der Waals surface area (Å²) in [6.45, 7) is 0.843. The molecule has 5 heterocycles. The number of H-pyrrole nitrogens is 1. The average molecular weight is 357 g/mol. The molecule has 0 saturated heterocycles. The Bertz CT molecular complexity index is 1270. The number of aromatic amines is 1. The molecule has 132 valence electrons. The number of aromatic nitrogens is 9. The van der Waals surface area contributed by atoms with Gasteiger partial charge in [0.05, 0.1) is 29.6 Å². The van der Waals surface area contributed by atoms with Crippen LogP contribution in [0.4, 0.5) is 0 Å². The molecule has 0 radical (unpaired) electrons. The zero-order valence-corrected chi connectivity index (χ0v) is 14.3. The Morgan fingerprint density at radius 1 is 1.15 bits per heavy atom. The third-order valence-electron chi connectivity index (χ3n) is 4.89. The van der Waals surface area contributed by atoms with Crippen LogP contribution in [-0.4, -0.2) is 44.5 Å². The molecule has 1 aliphatic carbocycles. The second-order valence-electron chi connectivity index (χ2n) is 6.85. The van der Waals surface area contributed by atoms with E-state index in [4.69, 9.17) is 10.1 Å². The zero-order valence-electron chi connectivity index (χ0n) is 14.3. The predicted molar refractivity (Wildman–Crippen MR) is 97.6 cm³/mol. The highest BCUT2D eigenvalue weighted by Crippen LogP contribution is 2.33. The lowest BCUT2D eigenvalue weighted by atomic mass is 10.2. The molecular formula is C18H15N9. The predicted octanol–water partition coefficient (Wildman–Crippen LogP) is 2.34. The fraction of sp³-hybridized carbons (Fsp3) is 0.222. The summed E-state index contributed by atoms with van der Waals surface area (Å²) in [5.41, 5.74) is 3.28. The highest BCUT2D eigenvalue weighted by atomic mass is 15.4. The molecular weight excluding hydrogens is 342 g/mol. The van der Waals surface area contributed by atoms with Crippen LogP contribution in [0.3, 0.4) is 0 Å². The molecule has 1 fully saturated rings. The van der Waals surface area contributed by atoms with Gasteiger partial charge in [0.1, 0.15) is 11.4 Å². The lowest BCUT2D eigenvalue weighted by Crippen LogP contribution is -2.05. The van der Waals surface area contributed by atoms with Crippen molar-refractivity contribution in [3.8, 4) is 23.0 Å². The second-order valence-corrected chi connectivity index (χ2v) is 6.85. The van der Waals surface area contributed by atoms with Gasteiger partial charge in [-0.3, -0.25) is 10.1 Å². The van der Waals surface area contributed by atoms with Crippen LogP contribution in [0.15, 0.2) is 43.1 Å². The molecule has 0 atom stereocenters. The fourth-order valence-corrected chi connectivity index (χ4v) is 3.30. The van der Waals surface area contributed by atoms with Gasteiger partial charge in [-0.2, -0.15) is 10.2 Å². The summed E-state index contributed by atoms with van der Waals surface area (Å²) >= 11 is 0. The normalized spacial score (nSPS) is 14.4. The molecule has 27 heavy (non-hydrogen) atoms. The summed E-state index contributed by atoms with van der Waals surface area (Å²) in [7, 11) is 0. The van der Waals surface area contributed by atoms with Crippen LogP contribution in [0.2, 0.25) is 0 Å². The van der Waals surface area contributed by atoms with Crippen molar-refractivity contribution in [3.63, 3.8) is 0 Å². The summed E-state index contributed by atoms with van der Waals surface area (Å²) in [4.78, 5) is 13.9. The van der Waals surface area contributed by atoms with Crippen molar-refractivity contribution < 1.29 is 0 Å². The van der Waals surface area contributed by atoms with Crippen molar-refractivity contribution in [2.24, 2.45) is 5.92 Å². The largest absolute Gasteiger partial charge is 0.276 e. The Labute approximate surface area is 153 Å². The molecule has 5 aromatic heterocycles. The van der Waals surface area contributed by atoms with Crippen LogP contribution in [-0.2, 0) is 6.54 Å². The molecule has 0 unspecified atom stereocenters. The first kappa shape index (κ1) is 14.5. The van der Waals surface area contributed by atoms with Crippen molar-refractivity contribution in [3.05, 3.63) is 43.1 Å². The third kappa shape index (κ3) is 2.39. The van der Waals surface area contributed by atoms with Crippen molar-refractivity contribution >= 4 is 16.4 Å². The molecule has 0 aliphatic heterocycles. The molecule has 9 heteroatoms. The number of hydrogen-bond acceptors (Lipinski definition) is 6. The van der Waals surface area contributed by atoms with Gasteiger partial charge in [-0.1, -0.05) is 0 Å². The molecule has 1 aliphatic rings. The molecule has 6 rings (SSSR count). The lowest BCUT2D eigenvalue weighted by molar-refractivity contribution is 0.568. The number of hydrogen-bond donors (Lipinski definition) is 1. The van der Waals surface area contributed by atoms with Crippen LogP contribution in [0.1, 0.15) is 12.8 Å². The number of nitrogens with one attached hydrogen (secondary N) is 1. The van der Waals surface area contributed by atoms with Gasteiger partial charge in [-0.25, -0.2) is 19.2 Å². The van der Waals surface area contributed by atoms with E-state index in [9.17, 15) is 0 Å². The number of nitrogens with zero attached hydrogens (tertiary/aromatic N) is 8. The number of fused-ring (bicyclic) bond motifs is 2. The molecule has 1 N–H and O–H groups in total. The van der Waals surface area contributed by atoms with Crippen LogP contribution in [0, 0.1) is 5.92 Å². The lowest BCUT2D eigenvalue weighted by Gasteiger charge is -2.04. The highest BCUT2D eigenvalue weighted by molar-refractivity contribution is 5.81. The molecule has 9 nitrogen and oxygen atoms in total. The van der Waals surface area contributed by atoms with Crippen LogP contribution in [0.5, 0.6) is 0 Å². The van der Waals surface area contributed by atoms with E-state index < -0.39 is 0 Å². The smallest absolute Gasteiger partial charge is 0.202 e. The van der Waals surface area contributed by atoms with E-state index in [0.29, 0.717) is 11.7 Å². The van der Waals surface area contributed by atoms with Gasteiger partial charge in [-0.15, -0.1) is 5.10 Å². The van der Waals surface area contributed by atoms with E-state index in [1.165, 1.54) is 12.8 Å². The summed E-state index contributed by atoms with van der Waals surface area (Å²) in [5.74, 6) is 2.00. The molecule has 0 spiro atoms. The van der Waals surface area contributed by atoms with E-state index in [1.54, 1.807) is 29.3 Å². The molecule has 0 amide bonds. The van der Waals surface area contributed by atoms with Gasteiger partial charge in [0, 0.05) is 24.3 Å². The first-order valence-corrected chi connectivity index (χ1v) is 8.88. The Kier molecular flexibility index (Phi) is 2.93. The SMILES string of the molecule is c1cn2nccc2c(-c2nc(-c3cc4cn[nH]c4cn3)n(CC3CC3)n2)n1. The maximum absolute atomic E-state index is 4.81. The van der Waals surface area contributed by atoms with Crippen molar-refractivity contribution in [2.45, 2.75) is 19.4 Å². The minimum Gasteiger partial charge on any atom is -0.276 e. The second kappa shape index (κ2) is 5.44. The van der Waals surface area contributed by atoms with Crippen molar-refractivity contribution in [1.29, 1.82) is 0 Å². The zero-order chi connectivity index (χ0) is 17.8. The molecule has 1 saturated carbocycles. The van der Waals surface area contributed by atoms with Gasteiger partial charge < -0.3 is 0 Å². The van der Waals surface area contributed by atoms with E-state index >= 15 is 0 Å². The maximum atomic E-state index is 4.81. The highest BCUT2D eigenvalue weighted by Gasteiger charge is 2.26. The standard InChI is InChI=1S/C18H15N9/c1-2-11(1)10-27-18(13-7-12-8-21-24-14(12)9-20-13)23-17(25-27)16-15-3-4-22-26(15)6-5-19-16/h3-9,11H,1-2,10H2,(H,21,24). The van der Waals surface area contributed by atoms with E-state index in [1.807, 2.05) is 23.0 Å². The summed E-state index contributed by atoms with van der Waals surface area (Å²) in [5, 5.41) is 17.0. The molecule has 5 aromatic rings. The van der Waals surface area contributed by atoms with Crippen molar-refractivity contribution in [2.75, 3.05) is 0 Å². The molecule has 0 bridgehead atoms. The fourth-order valence-electron chi connectivity index (χ4n) is 3.30. The summed E-state index contributed by atoms with van der Waals surface area (Å²) in [6, 6.07) is 3.90. The van der Waals surface area contributed by atoms with Gasteiger partial charge in [0.25, 0.3) is 0 Å². The van der Waals surface area contributed by atoms with Gasteiger partial charge in [0.2, 0.25) is 5.82 Å². The van der Waals surface area contributed by atoms with Crippen LogP contribution < -0.4 is 0 Å². The first-order valence-electron chi connectivity index (χ1n) is 8.88. The third-order valence-corrected chi connectivity index (χ3v) is 4.89. The number of rotatable bonds is 4. The van der Waals surface area contributed by atoms with E-state index in [0.717, 1.165) is 40.2 Å². The Morgan fingerprint density at radius 3 is 3.04 bits per heavy atom. The first-order chi connectivity index (χ1) is 13.3. The average Bonchev–Trinajstić information content (AvgIpc) is 3.11. The minimum atomic E-state index is 0.589. The van der Waals surface area contributed by atoms with Gasteiger partial charge in [-0.05, 0) is 30.9 Å². The molecule has 0 aromatic carbocycles. The number of pyridine rings is 1. The Hall–Kier alpha value is -3.62.